The average molecular weight is 261 g/mol. The smallest absolute Gasteiger partial charge is 0.282 e. The number of primary amides is 1. The highest BCUT2D eigenvalue weighted by molar-refractivity contribution is 5.78. The lowest BCUT2D eigenvalue weighted by molar-refractivity contribution is -0.121. The molecule has 1 atom stereocenters. The van der Waals surface area contributed by atoms with Crippen molar-refractivity contribution in [3.63, 3.8) is 0 Å². The van der Waals surface area contributed by atoms with Crippen LogP contribution in [0.15, 0.2) is 23.5 Å². The van der Waals surface area contributed by atoms with Crippen molar-refractivity contribution in [1.82, 2.24) is 19.5 Å². The summed E-state index contributed by atoms with van der Waals surface area (Å²) in [4.78, 5) is 35.7. The van der Waals surface area contributed by atoms with Gasteiger partial charge < -0.3 is 5.73 Å². The van der Waals surface area contributed by atoms with E-state index in [9.17, 15) is 9.59 Å². The first-order valence-corrected chi connectivity index (χ1v) is 5.98. The normalized spacial score (nSPS) is 12.8. The van der Waals surface area contributed by atoms with Gasteiger partial charge in [0.2, 0.25) is 5.91 Å². The van der Waals surface area contributed by atoms with Crippen LogP contribution < -0.4 is 11.3 Å². The van der Waals surface area contributed by atoms with Crippen LogP contribution in [0.4, 0.5) is 0 Å². The fourth-order valence-electron chi connectivity index (χ4n) is 1.90. The first-order valence-electron chi connectivity index (χ1n) is 5.98. The van der Waals surface area contributed by atoms with Gasteiger partial charge in [-0.25, -0.2) is 15.0 Å². The van der Waals surface area contributed by atoms with Crippen LogP contribution in [0.2, 0.25) is 0 Å². The Morgan fingerprint density at radius 1 is 1.32 bits per heavy atom. The maximum Gasteiger partial charge on any atom is 0.282 e. The number of rotatable bonds is 4. The Kier molecular flexibility index (Phi) is 3.55. The quantitative estimate of drug-likeness (QED) is 0.850. The molecule has 0 aliphatic heterocycles. The maximum absolute atomic E-state index is 12.3. The van der Waals surface area contributed by atoms with Gasteiger partial charge in [-0.2, -0.15) is 0 Å². The average Bonchev–Trinajstić information content (AvgIpc) is 2.37. The lowest BCUT2D eigenvalue weighted by Crippen LogP contribution is -2.35. The molecule has 19 heavy (non-hydrogen) atoms. The van der Waals surface area contributed by atoms with Crippen molar-refractivity contribution in [2.75, 3.05) is 0 Å². The van der Waals surface area contributed by atoms with Gasteiger partial charge in [-0.15, -0.1) is 0 Å². The zero-order chi connectivity index (χ0) is 14.0. The minimum absolute atomic E-state index is 0.139. The van der Waals surface area contributed by atoms with Crippen molar-refractivity contribution in [3.05, 3.63) is 29.1 Å². The van der Waals surface area contributed by atoms with Crippen LogP contribution in [-0.2, 0) is 4.79 Å². The standard InChI is InChI=1S/C12H15N5O2/c1-7(2)5-8(10(13)18)17-6-16-11-9(12(17)19)14-3-4-15-11/h3-4,6-8H,5H2,1-2H3,(H2,13,18)/t8-/m0/s1. The molecule has 2 heterocycles. The van der Waals surface area contributed by atoms with Crippen molar-refractivity contribution in [2.45, 2.75) is 26.3 Å². The second-order valence-corrected chi connectivity index (χ2v) is 4.73. The van der Waals surface area contributed by atoms with E-state index in [0.717, 1.165) is 0 Å². The van der Waals surface area contributed by atoms with Crippen molar-refractivity contribution >= 4 is 17.1 Å². The van der Waals surface area contributed by atoms with Gasteiger partial charge in [0.15, 0.2) is 11.2 Å². The summed E-state index contributed by atoms with van der Waals surface area (Å²) in [5.41, 5.74) is 5.37. The summed E-state index contributed by atoms with van der Waals surface area (Å²) in [6.07, 6.45) is 4.65. The summed E-state index contributed by atoms with van der Waals surface area (Å²) >= 11 is 0. The van der Waals surface area contributed by atoms with Crippen LogP contribution in [0.3, 0.4) is 0 Å². The van der Waals surface area contributed by atoms with Gasteiger partial charge in [-0.1, -0.05) is 13.8 Å². The molecule has 0 bridgehead atoms. The topological polar surface area (TPSA) is 104 Å². The van der Waals surface area contributed by atoms with Crippen LogP contribution in [0.5, 0.6) is 0 Å². The predicted octanol–water partition coefficient (Wildman–Crippen LogP) is 0.259. The van der Waals surface area contributed by atoms with E-state index in [1.807, 2.05) is 13.8 Å². The molecule has 0 fully saturated rings. The summed E-state index contributed by atoms with van der Waals surface area (Å²) in [5.74, 6) is -0.331. The summed E-state index contributed by atoms with van der Waals surface area (Å²) in [6, 6.07) is -0.716. The molecule has 0 saturated carbocycles. The predicted molar refractivity (Wildman–Crippen MR) is 69.3 cm³/mol. The molecule has 2 aromatic heterocycles. The fraction of sp³-hybridized carbons (Fsp3) is 0.417. The van der Waals surface area contributed by atoms with Gasteiger partial charge in [0, 0.05) is 12.4 Å². The van der Waals surface area contributed by atoms with Gasteiger partial charge in [-0.3, -0.25) is 14.2 Å². The zero-order valence-electron chi connectivity index (χ0n) is 10.8. The lowest BCUT2D eigenvalue weighted by Gasteiger charge is -2.17. The van der Waals surface area contributed by atoms with Crippen LogP contribution >= 0.6 is 0 Å². The Labute approximate surface area is 109 Å². The first-order chi connectivity index (χ1) is 9.00. The zero-order valence-corrected chi connectivity index (χ0v) is 10.8. The first kappa shape index (κ1) is 13.1. The molecule has 0 radical (unpaired) electrons. The molecule has 0 aliphatic rings. The Bertz CT molecular complexity index is 664. The fourth-order valence-corrected chi connectivity index (χ4v) is 1.90. The van der Waals surface area contributed by atoms with E-state index in [1.54, 1.807) is 0 Å². The van der Waals surface area contributed by atoms with E-state index in [4.69, 9.17) is 5.73 Å². The maximum atomic E-state index is 12.3. The van der Waals surface area contributed by atoms with Crippen molar-refractivity contribution in [1.29, 1.82) is 0 Å². The number of hydrogen-bond donors (Lipinski definition) is 1. The number of nitrogens with zero attached hydrogens (tertiary/aromatic N) is 4. The summed E-state index contributed by atoms with van der Waals surface area (Å²) in [6.45, 7) is 3.91. The molecule has 7 nitrogen and oxygen atoms in total. The molecule has 0 aliphatic carbocycles. The summed E-state index contributed by atoms with van der Waals surface area (Å²) in [5, 5.41) is 0. The highest BCUT2D eigenvalue weighted by atomic mass is 16.2. The Hall–Kier alpha value is -2.31. The van der Waals surface area contributed by atoms with Gasteiger partial charge in [0.25, 0.3) is 5.56 Å². The monoisotopic (exact) mass is 261 g/mol. The minimum atomic E-state index is -0.716. The lowest BCUT2D eigenvalue weighted by atomic mass is 10.0. The molecule has 0 unspecified atom stereocenters. The van der Waals surface area contributed by atoms with E-state index in [1.165, 1.54) is 23.3 Å². The van der Waals surface area contributed by atoms with Crippen LogP contribution in [-0.4, -0.2) is 25.4 Å². The van der Waals surface area contributed by atoms with Crippen molar-refractivity contribution in [3.8, 4) is 0 Å². The molecule has 2 rings (SSSR count). The molecule has 0 saturated heterocycles. The Morgan fingerprint density at radius 3 is 2.63 bits per heavy atom. The van der Waals surface area contributed by atoms with Crippen LogP contribution in [0, 0.1) is 5.92 Å². The van der Waals surface area contributed by atoms with Crippen molar-refractivity contribution < 1.29 is 4.79 Å². The number of carbonyl (C=O) groups excluding carboxylic acids is 1. The second kappa shape index (κ2) is 5.13. The highest BCUT2D eigenvalue weighted by Gasteiger charge is 2.21. The molecule has 0 aromatic carbocycles. The molecule has 0 spiro atoms. The molecule has 1 amide bonds. The van der Waals surface area contributed by atoms with Crippen molar-refractivity contribution in [2.24, 2.45) is 11.7 Å². The number of hydrogen-bond acceptors (Lipinski definition) is 5. The number of carbonyl (C=O) groups is 1. The third kappa shape index (κ3) is 2.59. The van der Waals surface area contributed by atoms with E-state index in [-0.39, 0.29) is 17.1 Å². The highest BCUT2D eigenvalue weighted by Crippen LogP contribution is 2.15. The number of fused-ring (bicyclic) bond motifs is 1. The molecular weight excluding hydrogens is 246 g/mol. The number of aromatic nitrogens is 4. The van der Waals surface area contributed by atoms with E-state index in [2.05, 4.69) is 15.0 Å². The Morgan fingerprint density at radius 2 is 2.00 bits per heavy atom. The third-order valence-corrected chi connectivity index (χ3v) is 2.78. The largest absolute Gasteiger partial charge is 0.368 e. The molecule has 7 heteroatoms. The van der Waals surface area contributed by atoms with E-state index >= 15 is 0 Å². The Balaban J connectivity index is 2.57. The molecule has 2 aromatic rings. The SMILES string of the molecule is CC(C)C[C@@H](C(N)=O)n1cnc2nccnc2c1=O. The second-order valence-electron chi connectivity index (χ2n) is 4.73. The van der Waals surface area contributed by atoms with Crippen LogP contribution in [0.1, 0.15) is 26.3 Å². The van der Waals surface area contributed by atoms with Gasteiger partial charge >= 0.3 is 0 Å². The molecule has 2 N–H and O–H groups in total. The minimum Gasteiger partial charge on any atom is -0.368 e. The number of amides is 1. The van der Waals surface area contributed by atoms with Crippen LogP contribution in [0.25, 0.3) is 11.2 Å². The number of nitrogens with two attached hydrogens (primary N) is 1. The molecule has 100 valence electrons. The van der Waals surface area contributed by atoms with Gasteiger partial charge in [0.05, 0.1) is 0 Å². The molecular formula is C12H15N5O2. The summed E-state index contributed by atoms with van der Waals surface area (Å²) < 4.78 is 1.24. The van der Waals surface area contributed by atoms with E-state index < -0.39 is 17.5 Å². The van der Waals surface area contributed by atoms with E-state index in [0.29, 0.717) is 6.42 Å². The third-order valence-electron chi connectivity index (χ3n) is 2.78. The summed E-state index contributed by atoms with van der Waals surface area (Å²) in [7, 11) is 0. The van der Waals surface area contributed by atoms with Gasteiger partial charge in [-0.05, 0) is 12.3 Å². The van der Waals surface area contributed by atoms with Gasteiger partial charge in [0.1, 0.15) is 12.4 Å².